The first-order chi connectivity index (χ1) is 17.0. The molecule has 0 aliphatic carbocycles. The van der Waals surface area contributed by atoms with Crippen molar-refractivity contribution in [3.05, 3.63) is 46.7 Å². The second-order valence-corrected chi connectivity index (χ2v) is 9.02. The van der Waals surface area contributed by atoms with Crippen LogP contribution in [-0.4, -0.2) is 58.1 Å². The van der Waals surface area contributed by atoms with E-state index in [0.717, 1.165) is 35.2 Å². The number of nitrogens with zero attached hydrogens (tertiary/aromatic N) is 4. The topological polar surface area (TPSA) is 110 Å². The molecule has 0 unspecified atom stereocenters. The molecule has 0 aromatic carbocycles. The molecule has 0 spiro atoms. The van der Waals surface area contributed by atoms with Crippen molar-refractivity contribution in [2.75, 3.05) is 36.9 Å². The summed E-state index contributed by atoms with van der Waals surface area (Å²) in [5.41, 5.74) is 10.7. The summed E-state index contributed by atoms with van der Waals surface area (Å²) in [6.45, 7) is 7.59. The highest BCUT2D eigenvalue weighted by Crippen LogP contribution is 2.31. The van der Waals surface area contributed by atoms with Gasteiger partial charge in [-0.15, -0.1) is 0 Å². The van der Waals surface area contributed by atoms with Gasteiger partial charge in [0.2, 0.25) is 0 Å². The molecule has 35 heavy (non-hydrogen) atoms. The van der Waals surface area contributed by atoms with E-state index >= 15 is 4.39 Å². The molecule has 3 N–H and O–H groups in total. The number of carbonyl (C=O) groups is 1. The van der Waals surface area contributed by atoms with Gasteiger partial charge in [-0.1, -0.05) is 13.8 Å². The lowest BCUT2D eigenvalue weighted by atomic mass is 10.1. The summed E-state index contributed by atoms with van der Waals surface area (Å²) in [5.74, 6) is -0.216. The summed E-state index contributed by atoms with van der Waals surface area (Å²) >= 11 is 0. The Labute approximate surface area is 203 Å². The lowest BCUT2D eigenvalue weighted by molar-refractivity contribution is 0.0639. The number of pyridine rings is 2. The van der Waals surface area contributed by atoms with Gasteiger partial charge in [0.25, 0.3) is 5.91 Å². The Bertz CT molecular complexity index is 1240. The summed E-state index contributed by atoms with van der Waals surface area (Å²) in [7, 11) is 0. The predicted molar refractivity (Wildman–Crippen MR) is 130 cm³/mol. The largest absolute Gasteiger partial charge is 0.383 e. The Kier molecular flexibility index (Phi) is 6.57. The third-order valence-electron chi connectivity index (χ3n) is 6.98. The van der Waals surface area contributed by atoms with Crippen LogP contribution in [-0.2, 0) is 29.2 Å². The van der Waals surface area contributed by atoms with Crippen molar-refractivity contribution in [1.29, 1.82) is 0 Å². The summed E-state index contributed by atoms with van der Waals surface area (Å²) in [4.78, 5) is 29.6. The van der Waals surface area contributed by atoms with Crippen molar-refractivity contribution in [3.8, 4) is 0 Å². The number of carbonyl (C=O) groups excluding carboxylic acids is 1. The second-order valence-electron chi connectivity index (χ2n) is 9.02. The lowest BCUT2D eigenvalue weighted by Gasteiger charge is -2.31. The number of rotatable bonds is 7. The average Bonchev–Trinajstić information content (AvgIpc) is 3.53. The third kappa shape index (κ3) is 4.43. The van der Waals surface area contributed by atoms with E-state index in [1.807, 2.05) is 13.8 Å². The highest BCUT2D eigenvalue weighted by atomic mass is 19.1. The zero-order valence-electron chi connectivity index (χ0n) is 20.1. The summed E-state index contributed by atoms with van der Waals surface area (Å²) < 4.78 is 26.1. The van der Waals surface area contributed by atoms with E-state index in [-0.39, 0.29) is 24.2 Å². The Balaban J connectivity index is 1.44. The van der Waals surface area contributed by atoms with Gasteiger partial charge in [-0.25, -0.2) is 9.37 Å². The van der Waals surface area contributed by atoms with E-state index in [2.05, 4.69) is 19.9 Å². The van der Waals surface area contributed by atoms with Crippen LogP contribution in [0.2, 0.25) is 0 Å². The van der Waals surface area contributed by atoms with Crippen LogP contribution in [0.15, 0.2) is 18.3 Å². The first kappa shape index (κ1) is 23.5. The van der Waals surface area contributed by atoms with Crippen LogP contribution in [0.5, 0.6) is 0 Å². The van der Waals surface area contributed by atoms with Crippen LogP contribution in [0.3, 0.4) is 0 Å². The van der Waals surface area contributed by atoms with Crippen molar-refractivity contribution < 1.29 is 18.7 Å². The maximum Gasteiger partial charge on any atom is 0.270 e. The number of amides is 1. The number of nitrogen functional groups attached to an aromatic ring is 1. The number of halogens is 1. The first-order valence-corrected chi connectivity index (χ1v) is 12.2. The molecule has 0 saturated carbocycles. The molecule has 3 aromatic heterocycles. The number of morpholine rings is 1. The molecule has 1 amide bonds. The van der Waals surface area contributed by atoms with Gasteiger partial charge < -0.3 is 30.0 Å². The highest BCUT2D eigenvalue weighted by Gasteiger charge is 2.28. The SMILES string of the molecule is CCC(CC)N(Cc1ncc(N2CCOCC2)cc1F)C(=O)c1cc2nc(N)c3c(c2[nH]1)COC3. The first-order valence-electron chi connectivity index (χ1n) is 12.2. The van der Waals surface area contributed by atoms with Gasteiger partial charge in [0.05, 0.1) is 61.6 Å². The van der Waals surface area contributed by atoms with Gasteiger partial charge in [-0.05, 0) is 18.9 Å². The Morgan fingerprint density at radius 2 is 1.94 bits per heavy atom. The van der Waals surface area contributed by atoms with Crippen molar-refractivity contribution >= 4 is 28.4 Å². The lowest BCUT2D eigenvalue weighted by Crippen LogP contribution is -2.40. The smallest absolute Gasteiger partial charge is 0.270 e. The van der Waals surface area contributed by atoms with Crippen molar-refractivity contribution in [1.82, 2.24) is 19.9 Å². The predicted octanol–water partition coefficient (Wildman–Crippen LogP) is 3.38. The van der Waals surface area contributed by atoms with Crippen LogP contribution < -0.4 is 10.6 Å². The van der Waals surface area contributed by atoms with Crippen molar-refractivity contribution in [2.45, 2.75) is 52.5 Å². The van der Waals surface area contributed by atoms with Crippen LogP contribution in [0, 0.1) is 5.82 Å². The van der Waals surface area contributed by atoms with E-state index in [1.165, 1.54) is 6.07 Å². The number of hydrogen-bond donors (Lipinski definition) is 2. The molecule has 3 aromatic rings. The zero-order valence-corrected chi connectivity index (χ0v) is 20.1. The van der Waals surface area contributed by atoms with Crippen molar-refractivity contribution in [2.24, 2.45) is 0 Å². The Hall–Kier alpha value is -3.24. The normalized spacial score (nSPS) is 15.7. The minimum absolute atomic E-state index is 0.0684. The second kappa shape index (κ2) is 9.79. The van der Waals surface area contributed by atoms with E-state index in [0.29, 0.717) is 56.5 Å². The van der Waals surface area contributed by atoms with Gasteiger partial charge in [-0.3, -0.25) is 9.78 Å². The standard InChI is InChI=1S/C25H31FN6O3/c1-3-15(4-2)32(12-22-19(26)9-16(11-28-22)31-5-7-34-8-6-31)25(33)21-10-20-23(29-21)17-13-35-14-18(17)24(27)30-20/h9-11,15,29H,3-8,12-14H2,1-2H3,(H2,27,30). The van der Waals surface area contributed by atoms with Gasteiger partial charge in [0, 0.05) is 36.3 Å². The molecule has 5 heterocycles. The highest BCUT2D eigenvalue weighted by molar-refractivity contribution is 5.98. The maximum atomic E-state index is 15.2. The number of fused-ring (bicyclic) bond motifs is 3. The summed E-state index contributed by atoms with van der Waals surface area (Å²) in [6, 6.07) is 3.15. The molecular weight excluding hydrogens is 451 g/mol. The van der Waals surface area contributed by atoms with Gasteiger partial charge in [0.15, 0.2) is 0 Å². The molecule has 0 atom stereocenters. The summed E-state index contributed by atoms with van der Waals surface area (Å²) in [5, 5.41) is 0. The van der Waals surface area contributed by atoms with Crippen LogP contribution in [0.1, 0.15) is 54.0 Å². The Morgan fingerprint density at radius 1 is 1.20 bits per heavy atom. The third-order valence-corrected chi connectivity index (χ3v) is 6.98. The molecule has 2 aliphatic heterocycles. The molecule has 9 nitrogen and oxygen atoms in total. The molecule has 10 heteroatoms. The molecule has 0 radical (unpaired) electrons. The molecule has 186 valence electrons. The number of H-pyrrole nitrogens is 1. The molecule has 1 fully saturated rings. The number of anilines is 2. The number of nitrogens with two attached hydrogens (primary N) is 1. The van der Waals surface area contributed by atoms with Crippen molar-refractivity contribution in [3.63, 3.8) is 0 Å². The average molecular weight is 483 g/mol. The fraction of sp³-hybridized carbons (Fsp3) is 0.480. The number of nitrogens with one attached hydrogen (secondary N) is 1. The van der Waals surface area contributed by atoms with Gasteiger partial charge in [-0.2, -0.15) is 0 Å². The fourth-order valence-corrected chi connectivity index (χ4v) is 4.93. The van der Waals surface area contributed by atoms with Crippen LogP contribution >= 0.6 is 0 Å². The van der Waals surface area contributed by atoms with E-state index in [9.17, 15) is 4.79 Å². The van der Waals surface area contributed by atoms with E-state index in [1.54, 1.807) is 17.2 Å². The minimum Gasteiger partial charge on any atom is -0.383 e. The number of aromatic nitrogens is 3. The molecular formula is C25H31FN6O3. The van der Waals surface area contributed by atoms with Gasteiger partial charge >= 0.3 is 0 Å². The number of ether oxygens (including phenoxy) is 2. The zero-order chi connectivity index (χ0) is 24.5. The van der Waals surface area contributed by atoms with Crippen LogP contribution in [0.25, 0.3) is 11.0 Å². The van der Waals surface area contributed by atoms with E-state index < -0.39 is 5.82 Å². The monoisotopic (exact) mass is 482 g/mol. The van der Waals surface area contributed by atoms with Crippen LogP contribution in [0.4, 0.5) is 15.9 Å². The Morgan fingerprint density at radius 3 is 2.66 bits per heavy atom. The quantitative estimate of drug-likeness (QED) is 0.531. The molecule has 5 rings (SSSR count). The van der Waals surface area contributed by atoms with E-state index in [4.69, 9.17) is 15.2 Å². The number of aromatic amines is 1. The molecule has 1 saturated heterocycles. The van der Waals surface area contributed by atoms with Gasteiger partial charge in [0.1, 0.15) is 17.3 Å². The minimum atomic E-state index is -0.418. The summed E-state index contributed by atoms with van der Waals surface area (Å²) in [6.07, 6.45) is 3.16. The molecule has 2 aliphatic rings. The molecule has 0 bridgehead atoms. The fourth-order valence-electron chi connectivity index (χ4n) is 4.93. The number of hydrogen-bond acceptors (Lipinski definition) is 7. The maximum absolute atomic E-state index is 15.2.